The SMILES string of the molecule is COc1ccc2[nH]c3c(c2c1)CCN=C3C1=C(C)CCCC1. The Labute approximate surface area is 131 Å². The highest BCUT2D eigenvalue weighted by Gasteiger charge is 2.24. The van der Waals surface area contributed by atoms with Crippen molar-refractivity contribution in [1.29, 1.82) is 0 Å². The van der Waals surface area contributed by atoms with Gasteiger partial charge >= 0.3 is 0 Å². The predicted octanol–water partition coefficient (Wildman–Crippen LogP) is 4.41. The molecule has 1 aliphatic carbocycles. The molecule has 2 aliphatic rings. The lowest BCUT2D eigenvalue weighted by Crippen LogP contribution is -2.17. The average molecular weight is 294 g/mol. The maximum Gasteiger partial charge on any atom is 0.119 e. The zero-order chi connectivity index (χ0) is 15.1. The van der Waals surface area contributed by atoms with Crippen LogP contribution >= 0.6 is 0 Å². The number of nitrogens with one attached hydrogen (secondary N) is 1. The molecule has 0 amide bonds. The normalized spacial score (nSPS) is 18.4. The Morgan fingerprint density at radius 1 is 1.14 bits per heavy atom. The van der Waals surface area contributed by atoms with E-state index in [2.05, 4.69) is 24.0 Å². The molecule has 2 aromatic rings. The Morgan fingerprint density at radius 2 is 2.00 bits per heavy atom. The first-order valence-corrected chi connectivity index (χ1v) is 8.20. The van der Waals surface area contributed by atoms with Crippen LogP contribution in [0.25, 0.3) is 10.9 Å². The van der Waals surface area contributed by atoms with Crippen LogP contribution in [0.3, 0.4) is 0 Å². The summed E-state index contributed by atoms with van der Waals surface area (Å²) in [5, 5.41) is 1.29. The molecule has 22 heavy (non-hydrogen) atoms. The highest BCUT2D eigenvalue weighted by Crippen LogP contribution is 2.34. The number of allylic oxidation sites excluding steroid dienone is 2. The average Bonchev–Trinajstić information content (AvgIpc) is 2.93. The van der Waals surface area contributed by atoms with Gasteiger partial charge in [0.15, 0.2) is 0 Å². The number of aliphatic imine (C=N–C) groups is 1. The molecule has 0 saturated heterocycles. The van der Waals surface area contributed by atoms with E-state index in [0.717, 1.165) is 18.7 Å². The number of rotatable bonds is 2. The summed E-state index contributed by atoms with van der Waals surface area (Å²) in [4.78, 5) is 8.49. The van der Waals surface area contributed by atoms with Gasteiger partial charge in [-0.2, -0.15) is 0 Å². The standard InChI is InChI=1S/C19H22N2O/c1-12-5-3-4-6-14(12)18-19-15(9-10-20-18)16-11-13(22-2)7-8-17(16)21-19/h7-8,11,21H,3-6,9-10H2,1-2H3. The topological polar surface area (TPSA) is 37.4 Å². The lowest BCUT2D eigenvalue weighted by molar-refractivity contribution is 0.415. The molecule has 0 saturated carbocycles. The third-order valence-corrected chi connectivity index (χ3v) is 5.01. The van der Waals surface area contributed by atoms with E-state index in [1.165, 1.54) is 64.7 Å². The second-order valence-corrected chi connectivity index (χ2v) is 6.34. The van der Waals surface area contributed by atoms with E-state index in [0.29, 0.717) is 0 Å². The number of ether oxygens (including phenoxy) is 1. The van der Waals surface area contributed by atoms with E-state index in [1.54, 1.807) is 7.11 Å². The van der Waals surface area contributed by atoms with Crippen molar-refractivity contribution >= 4 is 16.6 Å². The number of aromatic amines is 1. The predicted molar refractivity (Wildman–Crippen MR) is 91.1 cm³/mol. The minimum absolute atomic E-state index is 0.892. The molecule has 114 valence electrons. The molecule has 4 rings (SSSR count). The second kappa shape index (κ2) is 5.31. The molecule has 1 aromatic heterocycles. The van der Waals surface area contributed by atoms with Crippen LogP contribution in [0.15, 0.2) is 34.3 Å². The number of benzene rings is 1. The fourth-order valence-corrected chi connectivity index (χ4v) is 3.80. The summed E-state index contributed by atoms with van der Waals surface area (Å²) in [5.41, 5.74) is 8.05. The fraction of sp³-hybridized carbons (Fsp3) is 0.421. The molecule has 0 unspecified atom stereocenters. The van der Waals surface area contributed by atoms with Crippen LogP contribution in [0.5, 0.6) is 5.75 Å². The zero-order valence-electron chi connectivity index (χ0n) is 13.3. The summed E-state index contributed by atoms with van der Waals surface area (Å²) in [6.45, 7) is 3.17. The smallest absolute Gasteiger partial charge is 0.119 e. The molecule has 0 radical (unpaired) electrons. The van der Waals surface area contributed by atoms with Gasteiger partial charge in [0, 0.05) is 17.4 Å². The number of hydrogen-bond acceptors (Lipinski definition) is 2. The van der Waals surface area contributed by atoms with Gasteiger partial charge < -0.3 is 9.72 Å². The molecular formula is C19H22N2O. The Hall–Kier alpha value is -2.03. The van der Waals surface area contributed by atoms with E-state index in [9.17, 15) is 0 Å². The van der Waals surface area contributed by atoms with Crippen molar-refractivity contribution in [3.05, 3.63) is 40.6 Å². The number of hydrogen-bond donors (Lipinski definition) is 1. The molecule has 2 heterocycles. The van der Waals surface area contributed by atoms with Gasteiger partial charge in [-0.3, -0.25) is 4.99 Å². The summed E-state index contributed by atoms with van der Waals surface area (Å²) in [5.74, 6) is 0.923. The van der Waals surface area contributed by atoms with Crippen LogP contribution < -0.4 is 4.74 Å². The van der Waals surface area contributed by atoms with Crippen LogP contribution in [0.1, 0.15) is 43.9 Å². The van der Waals surface area contributed by atoms with E-state index in [4.69, 9.17) is 9.73 Å². The van der Waals surface area contributed by atoms with Crippen LogP contribution in [-0.4, -0.2) is 24.4 Å². The Balaban J connectivity index is 1.88. The van der Waals surface area contributed by atoms with Crippen molar-refractivity contribution in [2.24, 2.45) is 4.99 Å². The molecule has 1 N–H and O–H groups in total. The van der Waals surface area contributed by atoms with Crippen molar-refractivity contribution in [2.75, 3.05) is 13.7 Å². The first-order chi connectivity index (χ1) is 10.8. The largest absolute Gasteiger partial charge is 0.497 e. The van der Waals surface area contributed by atoms with Crippen LogP contribution in [0.2, 0.25) is 0 Å². The van der Waals surface area contributed by atoms with Gasteiger partial charge in [-0.15, -0.1) is 0 Å². The lowest BCUT2D eigenvalue weighted by atomic mass is 9.86. The molecule has 0 bridgehead atoms. The monoisotopic (exact) mass is 294 g/mol. The van der Waals surface area contributed by atoms with Gasteiger partial charge in [0.25, 0.3) is 0 Å². The number of nitrogens with zero attached hydrogens (tertiary/aromatic N) is 1. The van der Waals surface area contributed by atoms with Crippen molar-refractivity contribution < 1.29 is 4.74 Å². The third kappa shape index (κ3) is 2.07. The Kier molecular flexibility index (Phi) is 3.29. The van der Waals surface area contributed by atoms with Gasteiger partial charge in [0.05, 0.1) is 18.5 Å². The summed E-state index contributed by atoms with van der Waals surface area (Å²) in [6, 6.07) is 6.29. The molecular weight excluding hydrogens is 272 g/mol. The maximum atomic E-state index is 5.39. The molecule has 3 heteroatoms. The van der Waals surface area contributed by atoms with Gasteiger partial charge in [-0.25, -0.2) is 0 Å². The third-order valence-electron chi connectivity index (χ3n) is 5.01. The summed E-state index contributed by atoms with van der Waals surface area (Å²) in [7, 11) is 1.73. The molecule has 1 aliphatic heterocycles. The molecule has 0 spiro atoms. The van der Waals surface area contributed by atoms with Gasteiger partial charge in [-0.05, 0) is 68.4 Å². The minimum atomic E-state index is 0.892. The van der Waals surface area contributed by atoms with Crippen LogP contribution in [0.4, 0.5) is 0 Å². The van der Waals surface area contributed by atoms with Crippen LogP contribution in [0, 0.1) is 0 Å². The summed E-state index contributed by atoms with van der Waals surface area (Å²) in [6.07, 6.45) is 6.01. The van der Waals surface area contributed by atoms with Gasteiger partial charge in [-0.1, -0.05) is 5.57 Å². The first-order valence-electron chi connectivity index (χ1n) is 8.20. The van der Waals surface area contributed by atoms with Crippen molar-refractivity contribution in [1.82, 2.24) is 4.98 Å². The quantitative estimate of drug-likeness (QED) is 0.875. The highest BCUT2D eigenvalue weighted by molar-refractivity contribution is 6.16. The molecule has 0 fully saturated rings. The van der Waals surface area contributed by atoms with Gasteiger partial charge in [0.2, 0.25) is 0 Å². The van der Waals surface area contributed by atoms with Crippen molar-refractivity contribution in [3.8, 4) is 5.75 Å². The number of aromatic nitrogens is 1. The van der Waals surface area contributed by atoms with Crippen molar-refractivity contribution in [3.63, 3.8) is 0 Å². The Bertz CT molecular complexity index is 795. The van der Waals surface area contributed by atoms with E-state index >= 15 is 0 Å². The summed E-state index contributed by atoms with van der Waals surface area (Å²) >= 11 is 0. The number of H-pyrrole nitrogens is 1. The zero-order valence-corrected chi connectivity index (χ0v) is 13.3. The van der Waals surface area contributed by atoms with E-state index < -0.39 is 0 Å². The Morgan fingerprint density at radius 3 is 2.82 bits per heavy atom. The van der Waals surface area contributed by atoms with Crippen LogP contribution in [-0.2, 0) is 6.42 Å². The lowest BCUT2D eigenvalue weighted by Gasteiger charge is -2.22. The maximum absolute atomic E-state index is 5.39. The summed E-state index contributed by atoms with van der Waals surface area (Å²) < 4.78 is 5.39. The highest BCUT2D eigenvalue weighted by atomic mass is 16.5. The molecule has 1 aromatic carbocycles. The van der Waals surface area contributed by atoms with Crippen molar-refractivity contribution in [2.45, 2.75) is 39.0 Å². The van der Waals surface area contributed by atoms with E-state index in [-0.39, 0.29) is 0 Å². The van der Waals surface area contributed by atoms with Gasteiger partial charge in [0.1, 0.15) is 5.75 Å². The number of fused-ring (bicyclic) bond motifs is 3. The molecule has 3 nitrogen and oxygen atoms in total. The minimum Gasteiger partial charge on any atom is -0.497 e. The number of methoxy groups -OCH3 is 1. The first kappa shape index (κ1) is 13.6. The second-order valence-electron chi connectivity index (χ2n) is 6.34. The van der Waals surface area contributed by atoms with E-state index in [1.807, 2.05) is 6.07 Å². The molecule has 0 atom stereocenters. The fourth-order valence-electron chi connectivity index (χ4n) is 3.80.